The summed E-state index contributed by atoms with van der Waals surface area (Å²) in [5.74, 6) is 0.257. The van der Waals surface area contributed by atoms with Crippen molar-refractivity contribution in [1.82, 2.24) is 9.80 Å². The Morgan fingerprint density at radius 2 is 1.67 bits per heavy atom. The van der Waals surface area contributed by atoms with Crippen LogP contribution in [0.25, 0.3) is 0 Å². The van der Waals surface area contributed by atoms with E-state index in [1.807, 2.05) is 18.7 Å². The number of hydrogen-bond acceptors (Lipinski definition) is 3. The molecule has 0 N–H and O–H groups in total. The smallest absolute Gasteiger partial charge is 0.236 e. The summed E-state index contributed by atoms with van der Waals surface area (Å²) >= 11 is 0. The van der Waals surface area contributed by atoms with Gasteiger partial charge in [0.25, 0.3) is 0 Å². The summed E-state index contributed by atoms with van der Waals surface area (Å²) in [6, 6.07) is 0. The average molecular weight is 214 g/mol. The molecule has 0 aliphatic rings. The molecular weight excluding hydrogens is 192 g/mol. The maximum Gasteiger partial charge on any atom is 0.236 e. The summed E-state index contributed by atoms with van der Waals surface area (Å²) in [5, 5.41) is 0. The number of amides is 1. The van der Waals surface area contributed by atoms with Gasteiger partial charge in [-0.15, -0.1) is 0 Å². The zero-order chi connectivity index (χ0) is 11.8. The Balaban J connectivity index is 4.03. The van der Waals surface area contributed by atoms with E-state index in [1.165, 1.54) is 0 Å². The number of hydrogen-bond donors (Lipinski definition) is 0. The van der Waals surface area contributed by atoms with E-state index in [9.17, 15) is 9.59 Å². The summed E-state index contributed by atoms with van der Waals surface area (Å²) in [6.45, 7) is 5.40. The van der Waals surface area contributed by atoms with Gasteiger partial charge in [0.05, 0.1) is 13.1 Å². The highest BCUT2D eigenvalue weighted by Gasteiger charge is 2.13. The number of Topliss-reactive ketones (excluding diaryl/α,β-unsaturated/α-hetero) is 1. The zero-order valence-electron chi connectivity index (χ0n) is 10.2. The Hall–Kier alpha value is -0.900. The molecule has 4 nitrogen and oxygen atoms in total. The fourth-order valence-corrected chi connectivity index (χ4v) is 1.22. The first kappa shape index (κ1) is 14.1. The average Bonchev–Trinajstić information content (AvgIpc) is 2.16. The van der Waals surface area contributed by atoms with E-state index in [0.717, 1.165) is 13.0 Å². The first-order valence-electron chi connectivity index (χ1n) is 5.45. The van der Waals surface area contributed by atoms with Gasteiger partial charge in [-0.3, -0.25) is 14.5 Å². The van der Waals surface area contributed by atoms with Crippen LogP contribution in [0.4, 0.5) is 0 Å². The lowest BCUT2D eigenvalue weighted by Gasteiger charge is -2.20. The quantitative estimate of drug-likeness (QED) is 0.628. The minimum atomic E-state index is 0.0427. The van der Waals surface area contributed by atoms with E-state index in [1.54, 1.807) is 19.0 Å². The third-order valence-electron chi connectivity index (χ3n) is 2.23. The molecule has 0 bridgehead atoms. The molecule has 0 fully saturated rings. The Morgan fingerprint density at radius 1 is 1.07 bits per heavy atom. The lowest BCUT2D eigenvalue weighted by Crippen LogP contribution is -2.39. The van der Waals surface area contributed by atoms with Crippen LogP contribution in [-0.4, -0.2) is 55.2 Å². The van der Waals surface area contributed by atoms with E-state index in [4.69, 9.17) is 0 Å². The summed E-state index contributed by atoms with van der Waals surface area (Å²) in [5.41, 5.74) is 0. The van der Waals surface area contributed by atoms with Gasteiger partial charge in [0, 0.05) is 20.5 Å². The maximum atomic E-state index is 11.4. The second-order valence-corrected chi connectivity index (χ2v) is 3.88. The summed E-state index contributed by atoms with van der Waals surface area (Å²) in [4.78, 5) is 26.2. The van der Waals surface area contributed by atoms with Crippen LogP contribution in [-0.2, 0) is 9.59 Å². The Labute approximate surface area is 92.2 Å². The lowest BCUT2D eigenvalue weighted by molar-refractivity contribution is -0.130. The van der Waals surface area contributed by atoms with Crippen LogP contribution in [0, 0.1) is 0 Å². The number of carbonyl (C=O) groups is 2. The zero-order valence-corrected chi connectivity index (χ0v) is 10.2. The van der Waals surface area contributed by atoms with Gasteiger partial charge < -0.3 is 4.90 Å². The predicted octanol–water partition coefficient (Wildman–Crippen LogP) is 0.766. The molecule has 4 heteroatoms. The van der Waals surface area contributed by atoms with Crippen LogP contribution in [0.1, 0.15) is 26.7 Å². The fourth-order valence-electron chi connectivity index (χ4n) is 1.22. The summed E-state index contributed by atoms with van der Waals surface area (Å²) in [6.07, 6.45) is 1.48. The van der Waals surface area contributed by atoms with Crippen LogP contribution in [0.2, 0.25) is 0 Å². The van der Waals surface area contributed by atoms with Crippen molar-refractivity contribution < 1.29 is 9.59 Å². The van der Waals surface area contributed by atoms with Crippen molar-refractivity contribution in [2.75, 3.05) is 33.7 Å². The molecule has 88 valence electrons. The minimum absolute atomic E-state index is 0.0427. The van der Waals surface area contributed by atoms with Gasteiger partial charge in [-0.05, 0) is 13.0 Å². The van der Waals surface area contributed by atoms with Crippen LogP contribution in [0.5, 0.6) is 0 Å². The topological polar surface area (TPSA) is 40.6 Å². The molecule has 0 aliphatic carbocycles. The molecule has 0 heterocycles. The van der Waals surface area contributed by atoms with Gasteiger partial charge in [0.2, 0.25) is 5.91 Å². The molecule has 0 unspecified atom stereocenters. The van der Waals surface area contributed by atoms with Crippen molar-refractivity contribution >= 4 is 11.7 Å². The van der Waals surface area contributed by atoms with E-state index in [2.05, 4.69) is 0 Å². The fraction of sp³-hybridized carbons (Fsp3) is 0.818. The van der Waals surface area contributed by atoms with Crippen molar-refractivity contribution in [3.8, 4) is 0 Å². The minimum Gasteiger partial charge on any atom is -0.348 e. The van der Waals surface area contributed by atoms with Crippen LogP contribution >= 0.6 is 0 Å². The Morgan fingerprint density at radius 3 is 2.07 bits per heavy atom. The third kappa shape index (κ3) is 6.23. The predicted molar refractivity (Wildman–Crippen MR) is 60.7 cm³/mol. The van der Waals surface area contributed by atoms with E-state index >= 15 is 0 Å². The molecule has 0 rings (SSSR count). The normalized spacial score (nSPS) is 10.5. The van der Waals surface area contributed by atoms with Gasteiger partial charge in [-0.25, -0.2) is 0 Å². The maximum absolute atomic E-state index is 11.4. The molecule has 0 atom stereocenters. The highest BCUT2D eigenvalue weighted by atomic mass is 16.2. The highest BCUT2D eigenvalue weighted by Crippen LogP contribution is 1.95. The molecule has 0 aromatic rings. The van der Waals surface area contributed by atoms with Crippen LogP contribution in [0.15, 0.2) is 0 Å². The van der Waals surface area contributed by atoms with Crippen LogP contribution in [0.3, 0.4) is 0 Å². The Bertz CT molecular complexity index is 215. The molecule has 0 aromatic carbocycles. The number of carbonyl (C=O) groups excluding carboxylic acids is 2. The van der Waals surface area contributed by atoms with E-state index in [-0.39, 0.29) is 11.7 Å². The first-order valence-corrected chi connectivity index (χ1v) is 5.45. The number of nitrogens with zero attached hydrogens (tertiary/aromatic N) is 2. The first-order chi connectivity index (χ1) is 7.01. The molecule has 1 amide bonds. The van der Waals surface area contributed by atoms with Crippen molar-refractivity contribution in [2.24, 2.45) is 0 Å². The molecule has 0 aliphatic heterocycles. The van der Waals surface area contributed by atoms with E-state index < -0.39 is 0 Å². The van der Waals surface area contributed by atoms with Gasteiger partial charge in [-0.1, -0.05) is 13.8 Å². The lowest BCUT2D eigenvalue weighted by atomic mass is 10.2. The second kappa shape index (κ2) is 7.40. The summed E-state index contributed by atoms with van der Waals surface area (Å²) in [7, 11) is 3.45. The number of rotatable bonds is 7. The van der Waals surface area contributed by atoms with Gasteiger partial charge >= 0.3 is 0 Å². The molecule has 0 spiro atoms. The molecule has 15 heavy (non-hydrogen) atoms. The van der Waals surface area contributed by atoms with Crippen molar-refractivity contribution in [3.05, 3.63) is 0 Å². The molecule has 0 radical (unpaired) electrons. The van der Waals surface area contributed by atoms with Gasteiger partial charge in [0.1, 0.15) is 5.78 Å². The molecule has 0 saturated carbocycles. The molecular formula is C11H22N2O2. The van der Waals surface area contributed by atoms with Gasteiger partial charge in [0.15, 0.2) is 0 Å². The van der Waals surface area contributed by atoms with Gasteiger partial charge in [-0.2, -0.15) is 0 Å². The third-order valence-corrected chi connectivity index (χ3v) is 2.23. The van der Waals surface area contributed by atoms with Crippen molar-refractivity contribution in [1.29, 1.82) is 0 Å². The SMILES string of the molecule is CCCC(=O)CN(CC)CC(=O)N(C)C. The second-order valence-electron chi connectivity index (χ2n) is 3.88. The number of likely N-dealkylation sites (N-methyl/N-ethyl adjacent to an activating group) is 2. The molecule has 0 saturated heterocycles. The standard InChI is InChI=1S/C11H22N2O2/c1-5-7-10(14)8-13(6-2)9-11(15)12(3)4/h5-9H2,1-4H3. The monoisotopic (exact) mass is 214 g/mol. The largest absolute Gasteiger partial charge is 0.348 e. The van der Waals surface area contributed by atoms with Crippen LogP contribution < -0.4 is 0 Å². The number of ketones is 1. The Kier molecular flexibility index (Phi) is 6.96. The molecule has 0 aromatic heterocycles. The van der Waals surface area contributed by atoms with Crippen molar-refractivity contribution in [3.63, 3.8) is 0 Å². The summed E-state index contributed by atoms with van der Waals surface area (Å²) < 4.78 is 0. The highest BCUT2D eigenvalue weighted by molar-refractivity contribution is 5.82. The van der Waals surface area contributed by atoms with Crippen molar-refractivity contribution in [2.45, 2.75) is 26.7 Å². The van der Waals surface area contributed by atoms with E-state index in [0.29, 0.717) is 19.5 Å².